The Labute approximate surface area is 113 Å². The van der Waals surface area contributed by atoms with Crippen LogP contribution in [0.25, 0.3) is 0 Å². The lowest BCUT2D eigenvalue weighted by atomic mass is 10.2. The third kappa shape index (κ3) is 2.90. The first kappa shape index (κ1) is 12.6. The minimum Gasteiger partial charge on any atom is -0.497 e. The lowest BCUT2D eigenvalue weighted by Crippen LogP contribution is -1.88. The highest BCUT2D eigenvalue weighted by atomic mass is 79.9. The minimum atomic E-state index is 0.595. The smallest absolute Gasteiger partial charge is 0.151 e. The Bertz CT molecular complexity index is 549. The topological polar surface area (TPSA) is 35.5 Å². The quantitative estimate of drug-likeness (QED) is 0.799. The zero-order valence-corrected chi connectivity index (χ0v) is 11.3. The summed E-state index contributed by atoms with van der Waals surface area (Å²) in [6.45, 7) is 0. The molecule has 3 nitrogen and oxygen atoms in total. The molecule has 0 spiro atoms. The first-order chi connectivity index (χ1) is 8.72. The second kappa shape index (κ2) is 5.69. The molecule has 0 aliphatic rings. The average molecular weight is 307 g/mol. The van der Waals surface area contributed by atoms with Crippen LogP contribution < -0.4 is 9.47 Å². The standard InChI is InChI=1S/C14H11BrO3/c1-17-11-4-6-12(7-5-11)18-13-3-2-10(9-16)14(15)8-13/h2-9H,1H3. The van der Waals surface area contributed by atoms with Gasteiger partial charge in [0.15, 0.2) is 6.29 Å². The first-order valence-electron chi connectivity index (χ1n) is 5.29. The summed E-state index contributed by atoms with van der Waals surface area (Å²) < 4.78 is 11.4. The summed E-state index contributed by atoms with van der Waals surface area (Å²) in [4.78, 5) is 10.7. The van der Waals surface area contributed by atoms with Gasteiger partial charge in [-0.25, -0.2) is 0 Å². The third-order valence-corrected chi connectivity index (χ3v) is 3.08. The molecular weight excluding hydrogens is 296 g/mol. The van der Waals surface area contributed by atoms with Crippen LogP contribution in [0, 0.1) is 0 Å². The number of carbonyl (C=O) groups is 1. The van der Waals surface area contributed by atoms with E-state index in [1.807, 2.05) is 24.3 Å². The zero-order valence-electron chi connectivity index (χ0n) is 9.72. The Morgan fingerprint density at radius 2 is 1.61 bits per heavy atom. The SMILES string of the molecule is COc1ccc(Oc2ccc(C=O)c(Br)c2)cc1. The van der Waals surface area contributed by atoms with Crippen LogP contribution in [-0.2, 0) is 0 Å². The number of ether oxygens (including phenoxy) is 2. The maximum absolute atomic E-state index is 10.7. The summed E-state index contributed by atoms with van der Waals surface area (Å²) in [6.07, 6.45) is 0.793. The highest BCUT2D eigenvalue weighted by Crippen LogP contribution is 2.27. The molecule has 2 rings (SSSR count). The Balaban J connectivity index is 2.17. The largest absolute Gasteiger partial charge is 0.497 e. The lowest BCUT2D eigenvalue weighted by Gasteiger charge is -2.07. The fraction of sp³-hybridized carbons (Fsp3) is 0.0714. The monoisotopic (exact) mass is 306 g/mol. The molecule has 0 aromatic heterocycles. The molecule has 2 aromatic rings. The highest BCUT2D eigenvalue weighted by molar-refractivity contribution is 9.10. The van der Waals surface area contributed by atoms with Crippen molar-refractivity contribution in [3.63, 3.8) is 0 Å². The van der Waals surface area contributed by atoms with Gasteiger partial charge in [0.2, 0.25) is 0 Å². The first-order valence-corrected chi connectivity index (χ1v) is 6.09. The molecule has 0 fully saturated rings. The maximum Gasteiger partial charge on any atom is 0.151 e. The number of aldehydes is 1. The van der Waals surface area contributed by atoms with E-state index in [0.717, 1.165) is 12.0 Å². The van der Waals surface area contributed by atoms with Crippen molar-refractivity contribution in [2.75, 3.05) is 7.11 Å². The number of carbonyl (C=O) groups excluding carboxylic acids is 1. The molecule has 0 saturated heterocycles. The van der Waals surface area contributed by atoms with Crippen LogP contribution >= 0.6 is 15.9 Å². The summed E-state index contributed by atoms with van der Waals surface area (Å²) in [6, 6.07) is 12.5. The summed E-state index contributed by atoms with van der Waals surface area (Å²) >= 11 is 3.31. The van der Waals surface area contributed by atoms with Crippen LogP contribution in [0.2, 0.25) is 0 Å². The number of methoxy groups -OCH3 is 1. The maximum atomic E-state index is 10.7. The molecule has 0 amide bonds. The van der Waals surface area contributed by atoms with E-state index >= 15 is 0 Å². The highest BCUT2D eigenvalue weighted by Gasteiger charge is 2.02. The summed E-state index contributed by atoms with van der Waals surface area (Å²) in [5, 5.41) is 0. The fourth-order valence-corrected chi connectivity index (χ4v) is 1.90. The van der Waals surface area contributed by atoms with Gasteiger partial charge in [-0.15, -0.1) is 0 Å². The van der Waals surface area contributed by atoms with Gasteiger partial charge in [0.1, 0.15) is 17.2 Å². The Morgan fingerprint density at radius 3 is 2.17 bits per heavy atom. The van der Waals surface area contributed by atoms with Crippen LogP contribution in [0.15, 0.2) is 46.9 Å². The predicted molar refractivity (Wildman–Crippen MR) is 72.6 cm³/mol. The van der Waals surface area contributed by atoms with Crippen molar-refractivity contribution in [2.24, 2.45) is 0 Å². The molecule has 2 aromatic carbocycles. The number of hydrogen-bond donors (Lipinski definition) is 0. The second-order valence-electron chi connectivity index (χ2n) is 3.58. The van der Waals surface area contributed by atoms with E-state index in [4.69, 9.17) is 9.47 Å². The molecule has 0 radical (unpaired) electrons. The normalized spacial score (nSPS) is 9.89. The van der Waals surface area contributed by atoms with Crippen molar-refractivity contribution in [1.82, 2.24) is 0 Å². The third-order valence-electron chi connectivity index (χ3n) is 2.39. The lowest BCUT2D eigenvalue weighted by molar-refractivity contribution is 0.112. The van der Waals surface area contributed by atoms with Gasteiger partial charge >= 0.3 is 0 Å². The number of rotatable bonds is 4. The molecule has 18 heavy (non-hydrogen) atoms. The Hall–Kier alpha value is -1.81. The van der Waals surface area contributed by atoms with E-state index < -0.39 is 0 Å². The molecule has 0 N–H and O–H groups in total. The molecule has 0 aliphatic heterocycles. The van der Waals surface area contributed by atoms with Crippen molar-refractivity contribution in [3.05, 3.63) is 52.5 Å². The number of hydrogen-bond acceptors (Lipinski definition) is 3. The van der Waals surface area contributed by atoms with E-state index in [9.17, 15) is 4.79 Å². The predicted octanol–water partition coefficient (Wildman–Crippen LogP) is 4.06. The molecule has 0 saturated carbocycles. The van der Waals surface area contributed by atoms with Gasteiger partial charge in [-0.1, -0.05) is 0 Å². The molecule has 92 valence electrons. The van der Waals surface area contributed by atoms with E-state index in [1.54, 1.807) is 25.3 Å². The molecular formula is C14H11BrO3. The fourth-order valence-electron chi connectivity index (χ4n) is 1.45. The van der Waals surface area contributed by atoms with Crippen molar-refractivity contribution in [2.45, 2.75) is 0 Å². The second-order valence-corrected chi connectivity index (χ2v) is 4.43. The summed E-state index contributed by atoms with van der Waals surface area (Å²) in [7, 11) is 1.62. The van der Waals surface area contributed by atoms with Gasteiger partial charge in [0.05, 0.1) is 7.11 Å². The molecule has 0 bridgehead atoms. The summed E-state index contributed by atoms with van der Waals surface area (Å²) in [5.74, 6) is 2.15. The number of halogens is 1. The van der Waals surface area contributed by atoms with Crippen LogP contribution in [-0.4, -0.2) is 13.4 Å². The van der Waals surface area contributed by atoms with Crippen molar-refractivity contribution >= 4 is 22.2 Å². The Morgan fingerprint density at radius 1 is 1.00 bits per heavy atom. The van der Waals surface area contributed by atoms with Crippen LogP contribution in [0.4, 0.5) is 0 Å². The van der Waals surface area contributed by atoms with E-state index in [-0.39, 0.29) is 0 Å². The van der Waals surface area contributed by atoms with E-state index in [2.05, 4.69) is 15.9 Å². The van der Waals surface area contributed by atoms with E-state index in [1.165, 1.54) is 0 Å². The van der Waals surface area contributed by atoms with Crippen molar-refractivity contribution in [1.29, 1.82) is 0 Å². The van der Waals surface area contributed by atoms with Crippen molar-refractivity contribution < 1.29 is 14.3 Å². The molecule has 0 aliphatic carbocycles. The van der Waals surface area contributed by atoms with Crippen molar-refractivity contribution in [3.8, 4) is 17.2 Å². The summed E-state index contributed by atoms with van der Waals surface area (Å²) in [5.41, 5.74) is 0.595. The van der Waals surface area contributed by atoms with Crippen LogP contribution in [0.1, 0.15) is 10.4 Å². The van der Waals surface area contributed by atoms with Gasteiger partial charge in [-0.2, -0.15) is 0 Å². The van der Waals surface area contributed by atoms with Gasteiger partial charge in [-0.05, 0) is 58.4 Å². The van der Waals surface area contributed by atoms with Gasteiger partial charge in [0.25, 0.3) is 0 Å². The zero-order chi connectivity index (χ0) is 13.0. The van der Waals surface area contributed by atoms with Gasteiger partial charge < -0.3 is 9.47 Å². The van der Waals surface area contributed by atoms with E-state index in [0.29, 0.717) is 21.5 Å². The van der Waals surface area contributed by atoms with Gasteiger partial charge in [0, 0.05) is 10.0 Å². The Kier molecular flexibility index (Phi) is 3.99. The van der Waals surface area contributed by atoms with Gasteiger partial charge in [-0.3, -0.25) is 4.79 Å². The molecule has 0 heterocycles. The molecule has 4 heteroatoms. The van der Waals surface area contributed by atoms with Crippen LogP contribution in [0.5, 0.6) is 17.2 Å². The average Bonchev–Trinajstić information content (AvgIpc) is 2.40. The number of benzene rings is 2. The minimum absolute atomic E-state index is 0.595. The van der Waals surface area contributed by atoms with Crippen LogP contribution in [0.3, 0.4) is 0 Å². The molecule has 0 unspecified atom stereocenters. The molecule has 0 atom stereocenters.